The molecule has 13 heteroatoms. The van der Waals surface area contributed by atoms with Crippen molar-refractivity contribution < 1.29 is 27.5 Å². The van der Waals surface area contributed by atoms with Crippen LogP contribution in [0.2, 0.25) is 5.02 Å². The van der Waals surface area contributed by atoms with Gasteiger partial charge in [0.15, 0.2) is 11.5 Å². The molecule has 0 bridgehead atoms. The molecule has 4 aromatic rings. The Morgan fingerprint density at radius 1 is 1.16 bits per heavy atom. The van der Waals surface area contributed by atoms with Crippen LogP contribution in [-0.2, 0) is 11.0 Å². The number of carbonyl (C=O) groups is 1. The molecule has 0 unspecified atom stereocenters. The maximum absolute atomic E-state index is 13.5. The maximum Gasteiger partial charge on any atom is 0.435 e. The molecule has 0 spiro atoms. The minimum absolute atomic E-state index is 0.0112. The molecule has 0 aliphatic carbocycles. The number of carboxylic acids is 1. The Morgan fingerprint density at radius 2 is 1.97 bits per heavy atom. The summed E-state index contributed by atoms with van der Waals surface area (Å²) >= 11 is 5.84. The third-order valence-corrected chi connectivity index (χ3v) is 6.36. The molecule has 2 aromatic carbocycles. The first-order valence-corrected chi connectivity index (χ1v) is 11.8. The van der Waals surface area contributed by atoms with E-state index >= 15 is 0 Å². The van der Waals surface area contributed by atoms with E-state index in [1.54, 1.807) is 29.2 Å². The summed E-state index contributed by atoms with van der Waals surface area (Å²) < 4.78 is 54.4. The first-order valence-electron chi connectivity index (χ1n) is 11.4. The maximum atomic E-state index is 13.5. The molecule has 8 nitrogen and oxygen atoms in total. The Balaban J connectivity index is 1.58. The molecule has 3 heterocycles. The monoisotopic (exact) mass is 546 g/mol. The quantitative estimate of drug-likeness (QED) is 0.289. The van der Waals surface area contributed by atoms with Gasteiger partial charge in [0.2, 0.25) is 5.95 Å². The predicted octanol–water partition coefficient (Wildman–Crippen LogP) is 5.94. The number of alkyl halides is 3. The van der Waals surface area contributed by atoms with E-state index in [2.05, 4.69) is 20.4 Å². The van der Waals surface area contributed by atoms with E-state index in [1.807, 2.05) is 0 Å². The van der Waals surface area contributed by atoms with Crippen molar-refractivity contribution in [2.45, 2.75) is 25.1 Å². The number of nitrogens with one attached hydrogen (secondary N) is 1. The number of nitrogens with zero attached hydrogens (tertiary/aromatic N) is 5. The van der Waals surface area contributed by atoms with E-state index in [9.17, 15) is 27.5 Å². The highest BCUT2D eigenvalue weighted by Crippen LogP contribution is 2.34. The van der Waals surface area contributed by atoms with E-state index in [0.29, 0.717) is 35.5 Å². The summed E-state index contributed by atoms with van der Waals surface area (Å²) in [5.74, 6) is -1.49. The van der Waals surface area contributed by atoms with Crippen molar-refractivity contribution in [3.8, 4) is 16.9 Å². The van der Waals surface area contributed by atoms with Gasteiger partial charge in [-0.2, -0.15) is 23.3 Å². The van der Waals surface area contributed by atoms with E-state index in [0.717, 1.165) is 29.4 Å². The fourth-order valence-corrected chi connectivity index (χ4v) is 4.47. The molecule has 1 fully saturated rings. The molecule has 1 aliphatic heterocycles. The molecule has 0 amide bonds. The van der Waals surface area contributed by atoms with Gasteiger partial charge in [-0.15, -0.1) is 0 Å². The number of halogens is 5. The summed E-state index contributed by atoms with van der Waals surface area (Å²) in [6, 6.07) is 11.0. The van der Waals surface area contributed by atoms with E-state index in [-0.39, 0.29) is 16.8 Å². The van der Waals surface area contributed by atoms with Gasteiger partial charge in [0.25, 0.3) is 0 Å². The zero-order chi connectivity index (χ0) is 27.0. The van der Waals surface area contributed by atoms with Gasteiger partial charge >= 0.3 is 12.1 Å². The Hall–Kier alpha value is -4.19. The molecule has 2 aromatic heterocycles. The van der Waals surface area contributed by atoms with E-state index in [4.69, 9.17) is 11.6 Å². The number of benzene rings is 2. The van der Waals surface area contributed by atoms with Crippen LogP contribution in [0.1, 0.15) is 18.5 Å². The molecule has 1 saturated heterocycles. The Morgan fingerprint density at radius 3 is 2.68 bits per heavy atom. The van der Waals surface area contributed by atoms with Crippen molar-refractivity contribution >= 4 is 34.9 Å². The average Bonchev–Trinajstić information content (AvgIpc) is 3.57. The SMILES string of the molecule is O=C(O)[C@@H]1CCCN1c1cccc(-c2cnc(Nc3ccc(F)c(Cl)c3)nc2-n2ccc(C(F)(F)F)n2)c1. The van der Waals surface area contributed by atoms with Crippen LogP contribution in [0.5, 0.6) is 0 Å². The fourth-order valence-electron chi connectivity index (χ4n) is 4.29. The van der Waals surface area contributed by atoms with Crippen LogP contribution in [0, 0.1) is 5.82 Å². The van der Waals surface area contributed by atoms with Crippen molar-refractivity contribution in [3.05, 3.63) is 77.5 Å². The van der Waals surface area contributed by atoms with Crippen LogP contribution in [-0.4, -0.2) is 43.4 Å². The summed E-state index contributed by atoms with van der Waals surface area (Å²) in [4.78, 5) is 22.1. The molecular weight excluding hydrogens is 528 g/mol. The van der Waals surface area contributed by atoms with Gasteiger partial charge in [0.05, 0.1) is 5.02 Å². The van der Waals surface area contributed by atoms with Gasteiger partial charge in [-0.3, -0.25) is 0 Å². The summed E-state index contributed by atoms with van der Waals surface area (Å²) in [5, 5.41) is 16.0. The number of aromatic nitrogens is 4. The minimum atomic E-state index is -4.66. The van der Waals surface area contributed by atoms with Crippen molar-refractivity contribution in [2.75, 3.05) is 16.8 Å². The zero-order valence-corrected chi connectivity index (χ0v) is 20.2. The van der Waals surface area contributed by atoms with Crippen molar-refractivity contribution in [1.29, 1.82) is 0 Å². The fraction of sp³-hybridized carbons (Fsp3) is 0.200. The molecule has 0 saturated carbocycles. The molecule has 1 atom stereocenters. The number of anilines is 3. The molecule has 38 heavy (non-hydrogen) atoms. The van der Waals surface area contributed by atoms with Crippen molar-refractivity contribution in [2.24, 2.45) is 0 Å². The van der Waals surface area contributed by atoms with Gasteiger partial charge < -0.3 is 15.3 Å². The molecule has 0 radical (unpaired) electrons. The lowest BCUT2D eigenvalue weighted by Crippen LogP contribution is -2.35. The van der Waals surface area contributed by atoms with E-state index in [1.165, 1.54) is 18.3 Å². The molecule has 5 rings (SSSR count). The molecule has 196 valence electrons. The van der Waals surface area contributed by atoms with Crippen LogP contribution in [0.25, 0.3) is 16.9 Å². The summed E-state index contributed by atoms with van der Waals surface area (Å²) in [7, 11) is 0. The highest BCUT2D eigenvalue weighted by molar-refractivity contribution is 6.31. The van der Waals surface area contributed by atoms with Gasteiger partial charge in [-0.05, 0) is 54.8 Å². The average molecular weight is 547 g/mol. The minimum Gasteiger partial charge on any atom is -0.480 e. The molecule has 1 aliphatic rings. The standard InChI is InChI=1S/C25H19ClF4N6O2/c26-18-12-15(6-7-19(18)27)32-24-31-13-17(22(33-24)36-10-8-21(34-36)25(28,29)30)14-3-1-4-16(11-14)35-9-2-5-20(35)23(37)38/h1,3-4,6-8,10-13,20H,2,5,9H2,(H,37,38)(H,31,32,33)/t20-/m0/s1. The largest absolute Gasteiger partial charge is 0.480 e. The highest BCUT2D eigenvalue weighted by Gasteiger charge is 2.34. The molecule has 2 N–H and O–H groups in total. The second kappa shape index (κ2) is 9.93. The highest BCUT2D eigenvalue weighted by atomic mass is 35.5. The summed E-state index contributed by atoms with van der Waals surface area (Å²) in [5.41, 5.74) is 0.823. The van der Waals surface area contributed by atoms with Gasteiger partial charge in [-0.1, -0.05) is 23.7 Å². The van der Waals surface area contributed by atoms with Crippen molar-refractivity contribution in [3.63, 3.8) is 0 Å². The van der Waals surface area contributed by atoms with Crippen LogP contribution in [0.15, 0.2) is 60.9 Å². The smallest absolute Gasteiger partial charge is 0.435 e. The van der Waals surface area contributed by atoms with Gasteiger partial charge in [0, 0.05) is 35.9 Å². The van der Waals surface area contributed by atoms with Crippen LogP contribution in [0.3, 0.4) is 0 Å². The van der Waals surface area contributed by atoms with Gasteiger partial charge in [0.1, 0.15) is 11.9 Å². The third kappa shape index (κ3) is 5.12. The lowest BCUT2D eigenvalue weighted by molar-refractivity contribution is -0.141. The summed E-state index contributed by atoms with van der Waals surface area (Å²) in [6.07, 6.45) is -0.877. The first kappa shape index (κ1) is 25.5. The second-order valence-electron chi connectivity index (χ2n) is 8.57. The summed E-state index contributed by atoms with van der Waals surface area (Å²) in [6.45, 7) is 0.557. The number of aliphatic carboxylic acids is 1. The van der Waals surface area contributed by atoms with E-state index < -0.39 is 29.7 Å². The molecular formula is C25H19ClF4N6O2. The number of hydrogen-bond donors (Lipinski definition) is 2. The van der Waals surface area contributed by atoms with Crippen LogP contribution < -0.4 is 10.2 Å². The Bertz CT molecular complexity index is 1510. The van der Waals surface area contributed by atoms with Gasteiger partial charge in [-0.25, -0.2) is 18.9 Å². The number of rotatable bonds is 6. The van der Waals surface area contributed by atoms with Crippen LogP contribution >= 0.6 is 11.6 Å². The zero-order valence-electron chi connectivity index (χ0n) is 19.5. The lowest BCUT2D eigenvalue weighted by atomic mass is 10.1. The Labute approximate surface area is 218 Å². The Kier molecular flexibility index (Phi) is 6.66. The second-order valence-corrected chi connectivity index (χ2v) is 8.98. The van der Waals surface area contributed by atoms with Crippen molar-refractivity contribution in [1.82, 2.24) is 19.7 Å². The predicted molar refractivity (Wildman–Crippen MR) is 132 cm³/mol. The number of carboxylic acid groups (broad SMARTS) is 1. The third-order valence-electron chi connectivity index (χ3n) is 6.07. The lowest BCUT2D eigenvalue weighted by Gasteiger charge is -2.24. The normalized spacial score (nSPS) is 15.6. The first-order chi connectivity index (χ1) is 18.1. The van der Waals surface area contributed by atoms with Crippen LogP contribution in [0.4, 0.5) is 34.9 Å². The topological polar surface area (TPSA) is 96.2 Å². The number of hydrogen-bond acceptors (Lipinski definition) is 6.